The first-order valence-corrected chi connectivity index (χ1v) is 13.4. The van der Waals surface area contributed by atoms with Crippen molar-refractivity contribution in [2.24, 2.45) is 5.41 Å². The van der Waals surface area contributed by atoms with Crippen LogP contribution in [0.15, 0.2) is 82.1 Å². The van der Waals surface area contributed by atoms with Crippen molar-refractivity contribution in [3.8, 4) is 5.69 Å². The maximum atomic E-state index is 13.7. The zero-order valence-electron chi connectivity index (χ0n) is 20.1. The Labute approximate surface area is 213 Å². The molecule has 0 bridgehead atoms. The van der Waals surface area contributed by atoms with Crippen LogP contribution >= 0.6 is 0 Å². The van der Waals surface area contributed by atoms with Crippen molar-refractivity contribution in [2.45, 2.75) is 30.8 Å². The van der Waals surface area contributed by atoms with Crippen molar-refractivity contribution in [3.63, 3.8) is 0 Å². The van der Waals surface area contributed by atoms with Crippen LogP contribution < -0.4 is 0 Å². The number of aliphatic hydroxyl groups is 1. The number of hydrogen-bond donors (Lipinski definition) is 1. The molecule has 10 heteroatoms. The van der Waals surface area contributed by atoms with Crippen molar-refractivity contribution in [1.82, 2.24) is 19.1 Å². The molecule has 1 N–H and O–H groups in total. The molecule has 0 spiro atoms. The van der Waals surface area contributed by atoms with E-state index in [9.17, 15) is 17.9 Å². The van der Waals surface area contributed by atoms with E-state index in [1.54, 1.807) is 41.2 Å². The van der Waals surface area contributed by atoms with E-state index in [0.717, 1.165) is 22.4 Å². The molecule has 1 saturated heterocycles. The first-order chi connectivity index (χ1) is 17.8. The molecule has 0 radical (unpaired) electrons. The van der Waals surface area contributed by atoms with Gasteiger partial charge in [0.15, 0.2) is 0 Å². The van der Waals surface area contributed by atoms with Gasteiger partial charge in [-0.2, -0.15) is 9.40 Å². The van der Waals surface area contributed by atoms with E-state index in [0.29, 0.717) is 18.5 Å². The smallest absolute Gasteiger partial charge is 0.243 e. The summed E-state index contributed by atoms with van der Waals surface area (Å²) in [5.74, 6) is -0.200. The normalized spacial score (nSPS) is 20.7. The third kappa shape index (κ3) is 3.92. The number of aromatic nitrogens is 3. The number of hydrogen-bond acceptors (Lipinski definition) is 6. The van der Waals surface area contributed by atoms with E-state index in [1.807, 2.05) is 19.1 Å². The fourth-order valence-electron chi connectivity index (χ4n) is 5.44. The quantitative estimate of drug-likeness (QED) is 0.426. The Hall–Kier alpha value is -3.60. The molecule has 1 fully saturated rings. The maximum Gasteiger partial charge on any atom is 0.243 e. The van der Waals surface area contributed by atoms with Gasteiger partial charge >= 0.3 is 0 Å². The Kier molecular flexibility index (Phi) is 5.63. The summed E-state index contributed by atoms with van der Waals surface area (Å²) in [6.07, 6.45) is 6.11. The first-order valence-electron chi connectivity index (χ1n) is 12.0. The summed E-state index contributed by atoms with van der Waals surface area (Å²) in [6, 6.07) is 12.9. The fourth-order valence-corrected chi connectivity index (χ4v) is 7.06. The molecular weight excluding hydrogens is 495 g/mol. The van der Waals surface area contributed by atoms with Crippen LogP contribution in [0, 0.1) is 18.2 Å². The van der Waals surface area contributed by atoms with Crippen molar-refractivity contribution in [3.05, 3.63) is 101 Å². The Morgan fingerprint density at radius 1 is 1.19 bits per heavy atom. The second kappa shape index (κ2) is 8.76. The molecule has 2 aromatic heterocycles. The predicted molar refractivity (Wildman–Crippen MR) is 134 cm³/mol. The third-order valence-corrected chi connectivity index (χ3v) is 9.18. The second-order valence-corrected chi connectivity index (χ2v) is 11.6. The van der Waals surface area contributed by atoms with Gasteiger partial charge < -0.3 is 9.52 Å². The molecule has 6 rings (SSSR count). The molecule has 2 aliphatic rings. The van der Waals surface area contributed by atoms with Crippen LogP contribution in [0.1, 0.15) is 35.2 Å². The van der Waals surface area contributed by atoms with Gasteiger partial charge in [-0.15, -0.1) is 0 Å². The predicted octanol–water partition coefficient (Wildman–Crippen LogP) is 4.06. The second-order valence-electron chi connectivity index (χ2n) is 9.62. The van der Waals surface area contributed by atoms with Gasteiger partial charge in [-0.1, -0.05) is 17.7 Å². The van der Waals surface area contributed by atoms with E-state index in [-0.39, 0.29) is 29.7 Å². The lowest BCUT2D eigenvalue weighted by Crippen LogP contribution is -2.52. The Balaban J connectivity index is 1.44. The molecular formula is C27H25FN4O4S. The van der Waals surface area contributed by atoms with E-state index >= 15 is 0 Å². The number of rotatable bonds is 5. The summed E-state index contributed by atoms with van der Waals surface area (Å²) in [5, 5.41) is 16.1. The molecule has 1 aliphatic heterocycles. The van der Waals surface area contributed by atoms with Crippen molar-refractivity contribution in [1.29, 1.82) is 0 Å². The van der Waals surface area contributed by atoms with Crippen LogP contribution in [0.2, 0.25) is 0 Å². The van der Waals surface area contributed by atoms with Crippen LogP contribution in [0.5, 0.6) is 0 Å². The minimum absolute atomic E-state index is 0.0554. The summed E-state index contributed by atoms with van der Waals surface area (Å²) >= 11 is 0. The average molecular weight is 521 g/mol. The molecule has 0 amide bonds. The van der Waals surface area contributed by atoms with Gasteiger partial charge in [0.25, 0.3) is 0 Å². The minimum Gasteiger partial charge on any atom is -0.446 e. The number of fused-ring (bicyclic) bond motifs is 2. The number of aryl methyl sites for hydroxylation is 1. The topological polar surface area (TPSA) is 101 Å². The van der Waals surface area contributed by atoms with Gasteiger partial charge in [-0.25, -0.2) is 22.5 Å². The minimum atomic E-state index is -3.81. The summed E-state index contributed by atoms with van der Waals surface area (Å²) in [7, 11) is -3.81. The highest BCUT2D eigenvalue weighted by atomic mass is 32.2. The molecule has 8 nitrogen and oxygen atoms in total. The lowest BCUT2D eigenvalue weighted by atomic mass is 9.65. The number of halogens is 1. The van der Waals surface area contributed by atoms with E-state index in [4.69, 9.17) is 4.42 Å². The number of sulfonamides is 1. The van der Waals surface area contributed by atoms with Crippen LogP contribution in [-0.4, -0.2) is 45.7 Å². The molecule has 0 saturated carbocycles. The van der Waals surface area contributed by atoms with E-state index in [2.05, 4.69) is 10.1 Å². The largest absolute Gasteiger partial charge is 0.446 e. The van der Waals surface area contributed by atoms with Crippen LogP contribution in [-0.2, 0) is 16.4 Å². The van der Waals surface area contributed by atoms with Gasteiger partial charge in [-0.05, 0) is 73.4 Å². The van der Waals surface area contributed by atoms with Gasteiger partial charge in [0.1, 0.15) is 18.2 Å². The summed E-state index contributed by atoms with van der Waals surface area (Å²) in [4.78, 5) is 4.41. The molecule has 4 aromatic rings. The van der Waals surface area contributed by atoms with Crippen LogP contribution in [0.25, 0.3) is 11.8 Å². The van der Waals surface area contributed by atoms with Gasteiger partial charge in [0.05, 0.1) is 28.7 Å². The molecule has 3 heterocycles. The average Bonchev–Trinajstić information content (AvgIpc) is 3.57. The molecule has 2 aromatic carbocycles. The summed E-state index contributed by atoms with van der Waals surface area (Å²) < 4.78 is 49.5. The van der Waals surface area contributed by atoms with Crippen LogP contribution in [0.4, 0.5) is 4.39 Å². The van der Waals surface area contributed by atoms with Crippen molar-refractivity contribution >= 4 is 16.1 Å². The highest BCUT2D eigenvalue weighted by molar-refractivity contribution is 7.89. The number of piperidine rings is 1. The highest BCUT2D eigenvalue weighted by Gasteiger charge is 2.52. The van der Waals surface area contributed by atoms with Crippen LogP contribution in [0.3, 0.4) is 0 Å². The number of nitrogens with zero attached hydrogens (tertiary/aromatic N) is 4. The number of benzene rings is 2. The zero-order valence-corrected chi connectivity index (χ0v) is 20.9. The van der Waals surface area contributed by atoms with E-state index in [1.165, 1.54) is 28.9 Å². The van der Waals surface area contributed by atoms with Gasteiger partial charge in [-0.3, -0.25) is 0 Å². The monoisotopic (exact) mass is 520 g/mol. The highest BCUT2D eigenvalue weighted by Crippen LogP contribution is 2.52. The number of oxazole rings is 1. The summed E-state index contributed by atoms with van der Waals surface area (Å²) in [5.41, 5.74) is 3.12. The molecule has 0 unspecified atom stereocenters. The molecule has 2 atom stereocenters. The van der Waals surface area contributed by atoms with Gasteiger partial charge in [0.2, 0.25) is 15.9 Å². The lowest BCUT2D eigenvalue weighted by Gasteiger charge is -2.47. The van der Waals surface area contributed by atoms with E-state index < -0.39 is 21.5 Å². The van der Waals surface area contributed by atoms with Gasteiger partial charge in [0, 0.05) is 18.5 Å². The maximum absolute atomic E-state index is 13.7. The number of aliphatic hydroxyl groups excluding tert-OH is 1. The molecule has 37 heavy (non-hydrogen) atoms. The SMILES string of the molecule is Cc1cccc(S(=O)(=O)N2CCC3=Cc4c(cnn4-c4ccc(F)cc4)C[C@]3([C@@H](O)c3ncco3)C2)c1. The fraction of sp³-hybridized carbons (Fsp3) is 0.259. The third-order valence-electron chi connectivity index (χ3n) is 7.34. The summed E-state index contributed by atoms with van der Waals surface area (Å²) in [6.45, 7) is 2.17. The first kappa shape index (κ1) is 23.8. The van der Waals surface area contributed by atoms with Crippen molar-refractivity contribution < 1.29 is 22.3 Å². The Bertz CT molecular complexity index is 1600. The lowest BCUT2D eigenvalue weighted by molar-refractivity contribution is 0.00331. The molecule has 190 valence electrons. The zero-order chi connectivity index (χ0) is 25.8. The Morgan fingerprint density at radius 2 is 2.00 bits per heavy atom. The standard InChI is InChI=1S/C27H25FN4O4S/c1-18-3-2-4-23(13-18)37(34,35)31-11-9-20-14-24-19(16-30-32(24)22-7-5-21(28)6-8-22)15-27(20,17-31)25(33)26-29-10-12-36-26/h2-8,10,12-14,16,25,33H,9,11,15,17H2,1H3/t25-,27-/m0/s1. The Morgan fingerprint density at radius 3 is 2.73 bits per heavy atom. The molecule has 1 aliphatic carbocycles. The van der Waals surface area contributed by atoms with Crippen molar-refractivity contribution in [2.75, 3.05) is 13.1 Å².